The number of nitrogens with zero attached hydrogens (tertiary/aromatic N) is 1. The Morgan fingerprint density at radius 3 is 2.76 bits per heavy atom. The van der Waals surface area contributed by atoms with Gasteiger partial charge < -0.3 is 14.4 Å². The van der Waals surface area contributed by atoms with Gasteiger partial charge in [0.15, 0.2) is 11.5 Å². The highest BCUT2D eigenvalue weighted by atomic mass is 16.7. The first-order valence-electron chi connectivity index (χ1n) is 8.93. The monoisotopic (exact) mass is 337 g/mol. The molecule has 2 aliphatic rings. The van der Waals surface area contributed by atoms with Gasteiger partial charge in [-0.15, -0.1) is 0 Å². The smallest absolute Gasteiger partial charge is 0.254 e. The molecule has 2 heterocycles. The summed E-state index contributed by atoms with van der Waals surface area (Å²) in [6.07, 6.45) is 3.27. The summed E-state index contributed by atoms with van der Waals surface area (Å²) in [5.41, 5.74) is 3.32. The van der Waals surface area contributed by atoms with Crippen LogP contribution in [0.3, 0.4) is 0 Å². The predicted molar refractivity (Wildman–Crippen MR) is 96.1 cm³/mol. The third-order valence-electron chi connectivity index (χ3n) is 5.07. The zero-order chi connectivity index (χ0) is 17.2. The summed E-state index contributed by atoms with van der Waals surface area (Å²) in [6.45, 7) is 3.99. The topological polar surface area (TPSA) is 38.8 Å². The van der Waals surface area contributed by atoms with Gasteiger partial charge in [0, 0.05) is 18.7 Å². The zero-order valence-electron chi connectivity index (χ0n) is 14.5. The highest BCUT2D eigenvalue weighted by Crippen LogP contribution is 2.33. The summed E-state index contributed by atoms with van der Waals surface area (Å²) >= 11 is 0. The number of hydrogen-bond donors (Lipinski definition) is 0. The number of likely N-dealkylation sites (tertiary alicyclic amines) is 1. The van der Waals surface area contributed by atoms with Crippen molar-refractivity contribution in [2.45, 2.75) is 26.2 Å². The molecule has 4 nitrogen and oxygen atoms in total. The Balaban J connectivity index is 1.43. The fourth-order valence-electron chi connectivity index (χ4n) is 3.69. The number of fused-ring (bicyclic) bond motifs is 1. The standard InChI is InChI=1S/C21H23NO3/c1-15-4-6-16(7-5-15)11-17-3-2-10-22(13-17)21(23)18-8-9-19-20(12-18)25-14-24-19/h4-9,12,17H,2-3,10-11,13-14H2,1H3. The maximum atomic E-state index is 12.9. The SMILES string of the molecule is Cc1ccc(CC2CCCN(C(=O)c3ccc4c(c3)OCO4)C2)cc1. The summed E-state index contributed by atoms with van der Waals surface area (Å²) in [7, 11) is 0. The summed E-state index contributed by atoms with van der Waals surface area (Å²) in [4.78, 5) is 14.9. The molecule has 0 aliphatic carbocycles. The number of carbonyl (C=O) groups is 1. The molecule has 130 valence electrons. The molecule has 0 saturated carbocycles. The van der Waals surface area contributed by atoms with Gasteiger partial charge in [0.2, 0.25) is 6.79 Å². The number of hydrogen-bond acceptors (Lipinski definition) is 3. The van der Waals surface area contributed by atoms with Crippen LogP contribution in [-0.4, -0.2) is 30.7 Å². The second-order valence-corrected chi connectivity index (χ2v) is 7.02. The molecule has 1 unspecified atom stereocenters. The van der Waals surface area contributed by atoms with Crippen LogP contribution >= 0.6 is 0 Å². The maximum Gasteiger partial charge on any atom is 0.254 e. The summed E-state index contributed by atoms with van der Waals surface area (Å²) in [6, 6.07) is 14.2. The van der Waals surface area contributed by atoms with Crippen LogP contribution < -0.4 is 9.47 Å². The lowest BCUT2D eigenvalue weighted by molar-refractivity contribution is 0.0673. The minimum Gasteiger partial charge on any atom is -0.454 e. The molecular weight excluding hydrogens is 314 g/mol. The lowest BCUT2D eigenvalue weighted by atomic mass is 9.90. The molecule has 4 heteroatoms. The predicted octanol–water partition coefficient (Wildman–Crippen LogP) is 3.82. The van der Waals surface area contributed by atoms with Crippen molar-refractivity contribution in [1.82, 2.24) is 4.90 Å². The first kappa shape index (κ1) is 16.0. The number of ether oxygens (including phenoxy) is 2. The Labute approximate surface area is 148 Å². The molecule has 2 aliphatic heterocycles. The van der Waals surface area contributed by atoms with E-state index in [4.69, 9.17) is 9.47 Å². The van der Waals surface area contributed by atoms with Crippen molar-refractivity contribution < 1.29 is 14.3 Å². The summed E-state index contributed by atoms with van der Waals surface area (Å²) < 4.78 is 10.7. The molecule has 0 bridgehead atoms. The Morgan fingerprint density at radius 2 is 1.92 bits per heavy atom. The van der Waals surface area contributed by atoms with Crippen LogP contribution in [0.5, 0.6) is 11.5 Å². The van der Waals surface area contributed by atoms with E-state index in [0.717, 1.165) is 25.9 Å². The van der Waals surface area contributed by atoms with E-state index in [1.807, 2.05) is 17.0 Å². The molecule has 1 atom stereocenters. The van der Waals surface area contributed by atoms with Gasteiger partial charge in [0.05, 0.1) is 0 Å². The lowest BCUT2D eigenvalue weighted by Gasteiger charge is -2.33. The Bertz CT molecular complexity index is 769. The Morgan fingerprint density at radius 1 is 1.12 bits per heavy atom. The van der Waals surface area contributed by atoms with Crippen LogP contribution in [0.1, 0.15) is 34.3 Å². The lowest BCUT2D eigenvalue weighted by Crippen LogP contribution is -2.40. The van der Waals surface area contributed by atoms with Gasteiger partial charge in [-0.25, -0.2) is 0 Å². The minimum absolute atomic E-state index is 0.0897. The van der Waals surface area contributed by atoms with Gasteiger partial charge in [-0.2, -0.15) is 0 Å². The third kappa shape index (κ3) is 3.48. The molecule has 0 spiro atoms. The molecule has 2 aromatic rings. The number of carbonyl (C=O) groups excluding carboxylic acids is 1. The van der Waals surface area contributed by atoms with Crippen molar-refractivity contribution in [2.24, 2.45) is 5.92 Å². The van der Waals surface area contributed by atoms with Crippen molar-refractivity contribution in [3.8, 4) is 11.5 Å². The van der Waals surface area contributed by atoms with E-state index < -0.39 is 0 Å². The summed E-state index contributed by atoms with van der Waals surface area (Å²) in [5.74, 6) is 1.99. The molecule has 0 N–H and O–H groups in total. The van der Waals surface area contributed by atoms with Crippen molar-refractivity contribution >= 4 is 5.91 Å². The van der Waals surface area contributed by atoms with Crippen LogP contribution in [0.15, 0.2) is 42.5 Å². The maximum absolute atomic E-state index is 12.9. The highest BCUT2D eigenvalue weighted by Gasteiger charge is 2.26. The van der Waals surface area contributed by atoms with E-state index in [1.165, 1.54) is 17.5 Å². The van der Waals surface area contributed by atoms with E-state index >= 15 is 0 Å². The average molecular weight is 337 g/mol. The van der Waals surface area contributed by atoms with Gasteiger partial charge >= 0.3 is 0 Å². The van der Waals surface area contributed by atoms with E-state index in [2.05, 4.69) is 31.2 Å². The molecule has 4 rings (SSSR count). The third-order valence-corrected chi connectivity index (χ3v) is 5.07. The minimum atomic E-state index is 0.0897. The zero-order valence-corrected chi connectivity index (χ0v) is 14.5. The first-order chi connectivity index (χ1) is 12.2. The van der Waals surface area contributed by atoms with Gasteiger partial charge in [0.1, 0.15) is 0 Å². The number of aryl methyl sites for hydroxylation is 1. The quantitative estimate of drug-likeness (QED) is 0.855. The molecule has 2 aromatic carbocycles. The first-order valence-corrected chi connectivity index (χ1v) is 8.93. The van der Waals surface area contributed by atoms with Crippen LogP contribution in [0.2, 0.25) is 0 Å². The van der Waals surface area contributed by atoms with Crippen LogP contribution in [0.25, 0.3) is 0 Å². The normalized spacial score (nSPS) is 19.1. The van der Waals surface area contributed by atoms with E-state index in [-0.39, 0.29) is 12.7 Å². The molecule has 1 saturated heterocycles. The number of benzene rings is 2. The highest BCUT2D eigenvalue weighted by molar-refractivity contribution is 5.95. The number of piperidine rings is 1. The van der Waals surface area contributed by atoms with Crippen LogP contribution in [0.4, 0.5) is 0 Å². The Hall–Kier alpha value is -2.49. The molecule has 1 fully saturated rings. The van der Waals surface area contributed by atoms with E-state index in [9.17, 15) is 4.79 Å². The second-order valence-electron chi connectivity index (χ2n) is 7.02. The van der Waals surface area contributed by atoms with Crippen molar-refractivity contribution in [3.05, 3.63) is 59.2 Å². The fourth-order valence-corrected chi connectivity index (χ4v) is 3.69. The largest absolute Gasteiger partial charge is 0.454 e. The van der Waals surface area contributed by atoms with Gasteiger partial charge in [0.25, 0.3) is 5.91 Å². The fraction of sp³-hybridized carbons (Fsp3) is 0.381. The molecule has 25 heavy (non-hydrogen) atoms. The van der Waals surface area contributed by atoms with Crippen LogP contribution in [-0.2, 0) is 6.42 Å². The van der Waals surface area contributed by atoms with Crippen LogP contribution in [0, 0.1) is 12.8 Å². The summed E-state index contributed by atoms with van der Waals surface area (Å²) in [5, 5.41) is 0. The molecule has 1 amide bonds. The van der Waals surface area contributed by atoms with Crippen molar-refractivity contribution in [3.63, 3.8) is 0 Å². The van der Waals surface area contributed by atoms with Gasteiger partial charge in [-0.05, 0) is 55.9 Å². The average Bonchev–Trinajstić information content (AvgIpc) is 3.11. The van der Waals surface area contributed by atoms with Gasteiger partial charge in [-0.1, -0.05) is 29.8 Å². The molecular formula is C21H23NO3. The molecule has 0 radical (unpaired) electrons. The van der Waals surface area contributed by atoms with Gasteiger partial charge in [-0.3, -0.25) is 4.79 Å². The van der Waals surface area contributed by atoms with E-state index in [0.29, 0.717) is 23.0 Å². The second kappa shape index (κ2) is 6.79. The Kier molecular flexibility index (Phi) is 4.35. The van der Waals surface area contributed by atoms with Crippen molar-refractivity contribution in [2.75, 3.05) is 19.9 Å². The number of amides is 1. The molecule has 0 aromatic heterocycles. The van der Waals surface area contributed by atoms with E-state index in [1.54, 1.807) is 6.07 Å². The van der Waals surface area contributed by atoms with Crippen molar-refractivity contribution in [1.29, 1.82) is 0 Å². The number of rotatable bonds is 3.